The van der Waals surface area contributed by atoms with Gasteiger partial charge in [-0.1, -0.05) is 81.1 Å². The van der Waals surface area contributed by atoms with Gasteiger partial charge in [0.15, 0.2) is 0 Å². The number of hydrogen-bond acceptors (Lipinski definition) is 2. The van der Waals surface area contributed by atoms with Crippen molar-refractivity contribution in [1.82, 2.24) is 5.32 Å². The van der Waals surface area contributed by atoms with Crippen LogP contribution >= 0.6 is 0 Å². The first kappa shape index (κ1) is 19.5. The van der Waals surface area contributed by atoms with E-state index in [1.165, 1.54) is 5.56 Å². The van der Waals surface area contributed by atoms with Crippen LogP contribution in [-0.4, -0.2) is 19.1 Å². The summed E-state index contributed by atoms with van der Waals surface area (Å²) in [6.45, 7) is 7.02. The van der Waals surface area contributed by atoms with E-state index in [1.807, 2.05) is 54.6 Å². The summed E-state index contributed by atoms with van der Waals surface area (Å²) in [5, 5.41) is 5.02. The maximum atomic E-state index is 12.2. The minimum Gasteiger partial charge on any atom is -0.480 e. The number of carbonyl (C=O) groups excluding carboxylic acids is 1. The van der Waals surface area contributed by atoms with Gasteiger partial charge in [0.2, 0.25) is 0 Å². The minimum atomic E-state index is -0.121. The summed E-state index contributed by atoms with van der Waals surface area (Å²) in [5.74, 6) is 6.58. The Bertz CT molecular complexity index is 1010. The maximum Gasteiger partial charge on any atom is 0.252 e. The normalized spacial score (nSPS) is 10.8. The van der Waals surface area contributed by atoms with Gasteiger partial charge in [0, 0.05) is 10.9 Å². The number of rotatable bonds is 4. The molecule has 0 radical (unpaired) electrons. The molecule has 0 bridgehead atoms. The molecule has 0 heterocycles. The lowest BCUT2D eigenvalue weighted by Gasteiger charge is -2.18. The average Bonchev–Trinajstić information content (AvgIpc) is 2.70. The zero-order valence-electron chi connectivity index (χ0n) is 16.6. The van der Waals surface area contributed by atoms with Crippen LogP contribution in [0.15, 0.2) is 66.7 Å². The first-order valence-corrected chi connectivity index (χ1v) is 9.40. The van der Waals surface area contributed by atoms with Gasteiger partial charge in [-0.05, 0) is 34.6 Å². The second kappa shape index (κ2) is 8.63. The highest BCUT2D eigenvalue weighted by Gasteiger charge is 2.14. The molecule has 3 heteroatoms. The van der Waals surface area contributed by atoms with Crippen LogP contribution in [0.1, 0.15) is 36.7 Å². The van der Waals surface area contributed by atoms with E-state index in [9.17, 15) is 4.79 Å². The van der Waals surface area contributed by atoms with Crippen LogP contribution in [0.25, 0.3) is 10.8 Å². The molecule has 142 valence electrons. The van der Waals surface area contributed by atoms with E-state index in [0.29, 0.717) is 12.1 Å². The van der Waals surface area contributed by atoms with Crippen molar-refractivity contribution in [3.8, 4) is 17.6 Å². The number of benzene rings is 3. The van der Waals surface area contributed by atoms with E-state index in [2.05, 4.69) is 50.1 Å². The highest BCUT2D eigenvalue weighted by molar-refractivity contribution is 5.94. The van der Waals surface area contributed by atoms with Crippen LogP contribution in [0.2, 0.25) is 0 Å². The van der Waals surface area contributed by atoms with E-state index >= 15 is 0 Å². The molecule has 3 nitrogen and oxygen atoms in total. The summed E-state index contributed by atoms with van der Waals surface area (Å²) in [6.07, 6.45) is 0. The van der Waals surface area contributed by atoms with Crippen molar-refractivity contribution in [2.45, 2.75) is 26.2 Å². The van der Waals surface area contributed by atoms with E-state index in [-0.39, 0.29) is 17.9 Å². The van der Waals surface area contributed by atoms with Crippen molar-refractivity contribution in [2.75, 3.05) is 13.2 Å². The fourth-order valence-corrected chi connectivity index (χ4v) is 2.90. The Morgan fingerprint density at radius 2 is 1.64 bits per heavy atom. The van der Waals surface area contributed by atoms with Crippen LogP contribution < -0.4 is 10.1 Å². The Morgan fingerprint density at radius 3 is 2.39 bits per heavy atom. The third-order valence-electron chi connectivity index (χ3n) is 4.52. The summed E-state index contributed by atoms with van der Waals surface area (Å²) in [6, 6.07) is 21.7. The molecular formula is C25H25NO2. The van der Waals surface area contributed by atoms with Gasteiger partial charge < -0.3 is 10.1 Å². The highest BCUT2D eigenvalue weighted by Crippen LogP contribution is 2.25. The minimum absolute atomic E-state index is 0.0740. The van der Waals surface area contributed by atoms with Gasteiger partial charge in [-0.15, -0.1) is 0 Å². The van der Waals surface area contributed by atoms with E-state index in [4.69, 9.17) is 4.74 Å². The molecule has 0 spiro atoms. The number of ether oxygens (including phenoxy) is 1. The van der Waals surface area contributed by atoms with Crippen molar-refractivity contribution < 1.29 is 9.53 Å². The summed E-state index contributed by atoms with van der Waals surface area (Å²) < 4.78 is 5.77. The Morgan fingerprint density at radius 1 is 0.929 bits per heavy atom. The molecule has 0 fully saturated rings. The number of carbonyl (C=O) groups is 1. The monoisotopic (exact) mass is 371 g/mol. The van der Waals surface area contributed by atoms with Crippen molar-refractivity contribution in [3.05, 3.63) is 77.9 Å². The lowest BCUT2D eigenvalue weighted by atomic mass is 9.87. The Hall–Kier alpha value is -3.25. The summed E-state index contributed by atoms with van der Waals surface area (Å²) in [5.41, 5.74) is 1.92. The molecule has 28 heavy (non-hydrogen) atoms. The second-order valence-corrected chi connectivity index (χ2v) is 7.63. The maximum absolute atomic E-state index is 12.2. The number of amides is 1. The molecule has 0 atom stereocenters. The van der Waals surface area contributed by atoms with Crippen LogP contribution in [0.4, 0.5) is 0 Å². The molecule has 0 aliphatic rings. The van der Waals surface area contributed by atoms with Crippen molar-refractivity contribution in [1.29, 1.82) is 0 Å². The molecule has 0 saturated carbocycles. The molecule has 0 saturated heterocycles. The van der Waals surface area contributed by atoms with Gasteiger partial charge in [0.05, 0.1) is 6.54 Å². The van der Waals surface area contributed by atoms with Gasteiger partial charge in [-0.25, -0.2) is 0 Å². The molecule has 0 aromatic heterocycles. The fraction of sp³-hybridized carbons (Fsp3) is 0.240. The van der Waals surface area contributed by atoms with Crippen molar-refractivity contribution in [2.24, 2.45) is 0 Å². The van der Waals surface area contributed by atoms with E-state index in [0.717, 1.165) is 16.5 Å². The van der Waals surface area contributed by atoms with E-state index < -0.39 is 0 Å². The first-order valence-electron chi connectivity index (χ1n) is 9.40. The highest BCUT2D eigenvalue weighted by atomic mass is 16.5. The number of hydrogen-bond donors (Lipinski definition) is 1. The van der Waals surface area contributed by atoms with Gasteiger partial charge >= 0.3 is 0 Å². The first-order chi connectivity index (χ1) is 13.4. The topological polar surface area (TPSA) is 38.3 Å². The smallest absolute Gasteiger partial charge is 0.252 e. The Balaban J connectivity index is 1.49. The van der Waals surface area contributed by atoms with Crippen LogP contribution in [0.3, 0.4) is 0 Å². The van der Waals surface area contributed by atoms with Gasteiger partial charge in [0.25, 0.3) is 5.91 Å². The fourth-order valence-electron chi connectivity index (χ4n) is 2.90. The predicted octanol–water partition coefficient (Wildman–Crippen LogP) is 4.95. The summed E-state index contributed by atoms with van der Waals surface area (Å²) in [4.78, 5) is 12.2. The molecule has 0 aliphatic carbocycles. The predicted molar refractivity (Wildman–Crippen MR) is 115 cm³/mol. The lowest BCUT2D eigenvalue weighted by molar-refractivity contribution is 0.0958. The average molecular weight is 371 g/mol. The summed E-state index contributed by atoms with van der Waals surface area (Å²) in [7, 11) is 0. The van der Waals surface area contributed by atoms with Gasteiger partial charge in [-0.2, -0.15) is 0 Å². The van der Waals surface area contributed by atoms with Gasteiger partial charge in [-0.3, -0.25) is 4.79 Å². The van der Waals surface area contributed by atoms with Crippen LogP contribution in [0.5, 0.6) is 5.75 Å². The third kappa shape index (κ3) is 4.92. The molecule has 0 unspecified atom stereocenters. The van der Waals surface area contributed by atoms with Crippen molar-refractivity contribution >= 4 is 16.7 Å². The molecule has 1 N–H and O–H groups in total. The molecular weight excluding hydrogens is 346 g/mol. The summed E-state index contributed by atoms with van der Waals surface area (Å²) >= 11 is 0. The lowest BCUT2D eigenvalue weighted by Crippen LogP contribution is -2.23. The number of fused-ring (bicyclic) bond motifs is 1. The van der Waals surface area contributed by atoms with E-state index in [1.54, 1.807) is 0 Å². The number of nitrogens with one attached hydrogen (secondary N) is 1. The molecule has 3 rings (SSSR count). The quantitative estimate of drug-likeness (QED) is 0.659. The molecule has 0 aliphatic heterocycles. The Kier molecular flexibility index (Phi) is 6.01. The van der Waals surface area contributed by atoms with Gasteiger partial charge in [0.1, 0.15) is 12.4 Å². The van der Waals surface area contributed by atoms with Crippen LogP contribution in [0, 0.1) is 11.8 Å². The molecule has 3 aromatic rings. The second-order valence-electron chi connectivity index (χ2n) is 7.63. The SMILES string of the molecule is CC(C)(C)c1ccc(C(=O)NCC#CCOc2cccc3ccccc23)cc1. The zero-order valence-corrected chi connectivity index (χ0v) is 16.6. The van der Waals surface area contributed by atoms with Crippen LogP contribution in [-0.2, 0) is 5.41 Å². The molecule has 1 amide bonds. The largest absolute Gasteiger partial charge is 0.480 e. The third-order valence-corrected chi connectivity index (χ3v) is 4.52. The standard InChI is InChI=1S/C25H25NO2/c1-25(2,3)21-15-13-20(14-16-21)24(27)26-17-6-7-18-28-23-12-8-10-19-9-4-5-11-22(19)23/h4-5,8-16H,17-18H2,1-3H3,(H,26,27). The molecule has 3 aromatic carbocycles. The Labute approximate surface area is 166 Å². The zero-order chi connectivity index (χ0) is 20.0. The van der Waals surface area contributed by atoms with Crippen molar-refractivity contribution in [3.63, 3.8) is 0 Å².